The van der Waals surface area contributed by atoms with Gasteiger partial charge in [0.1, 0.15) is 6.07 Å². The number of nitrogens with zero attached hydrogens (tertiary/aromatic N) is 3. The number of aliphatic hydroxyl groups excluding tert-OH is 1. The quantitative estimate of drug-likeness (QED) is 0.837. The van der Waals surface area contributed by atoms with Crippen molar-refractivity contribution in [2.24, 2.45) is 0 Å². The molecule has 1 N–H and O–H groups in total. The fourth-order valence-corrected chi connectivity index (χ4v) is 5.79. The van der Waals surface area contributed by atoms with Crippen LogP contribution in [0.25, 0.3) is 0 Å². The summed E-state index contributed by atoms with van der Waals surface area (Å²) in [6.45, 7) is 3.79. The Labute approximate surface area is 134 Å². The molecule has 118 valence electrons. The molecule has 2 aliphatic rings. The van der Waals surface area contributed by atoms with Gasteiger partial charge in [0, 0.05) is 6.54 Å². The van der Waals surface area contributed by atoms with Crippen LogP contribution in [-0.4, -0.2) is 42.6 Å². The number of halogens is 1. The zero-order valence-corrected chi connectivity index (χ0v) is 13.8. The van der Waals surface area contributed by atoms with Crippen LogP contribution in [-0.2, 0) is 10.2 Å². The highest BCUT2D eigenvalue weighted by Crippen LogP contribution is 2.41. The lowest BCUT2D eigenvalue weighted by Gasteiger charge is -2.26. The number of anilines is 1. The molecule has 0 aliphatic carbocycles. The van der Waals surface area contributed by atoms with Crippen LogP contribution in [0.3, 0.4) is 0 Å². The average molecular weight is 342 g/mol. The van der Waals surface area contributed by atoms with E-state index in [0.717, 1.165) is 0 Å². The van der Waals surface area contributed by atoms with Crippen LogP contribution in [0, 0.1) is 18.3 Å². The van der Waals surface area contributed by atoms with Crippen molar-refractivity contribution in [1.29, 1.82) is 5.26 Å². The maximum absolute atomic E-state index is 12.8. The van der Waals surface area contributed by atoms with Crippen molar-refractivity contribution in [1.82, 2.24) is 4.31 Å². The number of nitriles is 1. The van der Waals surface area contributed by atoms with E-state index in [9.17, 15) is 13.5 Å². The van der Waals surface area contributed by atoms with Crippen molar-refractivity contribution in [3.63, 3.8) is 0 Å². The Balaban J connectivity index is 2.14. The first-order chi connectivity index (χ1) is 10.3. The van der Waals surface area contributed by atoms with Crippen LogP contribution in [0.15, 0.2) is 12.1 Å². The normalized spacial score (nSPS) is 30.3. The molecule has 2 heterocycles. The Bertz CT molecular complexity index is 774. The van der Waals surface area contributed by atoms with Gasteiger partial charge in [-0.25, -0.2) is 0 Å². The molecule has 2 saturated heterocycles. The highest BCUT2D eigenvalue weighted by Gasteiger charge is 2.55. The van der Waals surface area contributed by atoms with E-state index in [1.807, 2.05) is 6.07 Å². The van der Waals surface area contributed by atoms with Crippen LogP contribution in [0.4, 0.5) is 5.69 Å². The molecule has 3 rings (SSSR count). The van der Waals surface area contributed by atoms with Crippen LogP contribution in [0.2, 0.25) is 5.02 Å². The number of hydrogen-bond acceptors (Lipinski definition) is 4. The lowest BCUT2D eigenvalue weighted by molar-refractivity contribution is 0.139. The van der Waals surface area contributed by atoms with Gasteiger partial charge < -0.3 is 5.11 Å². The Hall–Kier alpha value is -1.33. The molecule has 0 bridgehead atoms. The molecule has 1 aromatic rings. The van der Waals surface area contributed by atoms with E-state index in [-0.39, 0.29) is 5.02 Å². The number of fused-ring (bicyclic) bond motifs is 1. The van der Waals surface area contributed by atoms with Crippen molar-refractivity contribution < 1.29 is 13.5 Å². The van der Waals surface area contributed by atoms with Gasteiger partial charge in [-0.3, -0.25) is 4.31 Å². The monoisotopic (exact) mass is 341 g/mol. The van der Waals surface area contributed by atoms with Crippen LogP contribution in [0.5, 0.6) is 0 Å². The predicted molar refractivity (Wildman–Crippen MR) is 82.9 cm³/mol. The van der Waals surface area contributed by atoms with Gasteiger partial charge in [0.05, 0.1) is 34.5 Å². The van der Waals surface area contributed by atoms with Gasteiger partial charge in [0.25, 0.3) is 0 Å². The Kier molecular flexibility index (Phi) is 3.61. The second-order valence-electron chi connectivity index (χ2n) is 5.68. The SMILES string of the molecule is Cc1c(N2C(C)[C@@H]3[C@@H](O)CCN3S2(=O)=O)ccc(C#N)c1Cl. The minimum Gasteiger partial charge on any atom is -0.391 e. The second-order valence-corrected chi connectivity index (χ2v) is 7.82. The largest absolute Gasteiger partial charge is 0.391 e. The number of aliphatic hydroxyl groups is 1. The molecule has 6 nitrogen and oxygen atoms in total. The van der Waals surface area contributed by atoms with Crippen LogP contribution in [0.1, 0.15) is 24.5 Å². The number of benzene rings is 1. The van der Waals surface area contributed by atoms with Gasteiger partial charge in [-0.2, -0.15) is 18.0 Å². The van der Waals surface area contributed by atoms with E-state index in [0.29, 0.717) is 29.8 Å². The van der Waals surface area contributed by atoms with E-state index in [1.54, 1.807) is 19.9 Å². The zero-order valence-electron chi connectivity index (χ0n) is 12.2. The molecule has 2 fully saturated rings. The van der Waals surface area contributed by atoms with E-state index >= 15 is 0 Å². The van der Waals surface area contributed by atoms with Gasteiger partial charge in [0.2, 0.25) is 0 Å². The maximum atomic E-state index is 12.8. The van der Waals surface area contributed by atoms with Crippen molar-refractivity contribution in [3.05, 3.63) is 28.3 Å². The molecule has 8 heteroatoms. The molecule has 0 amide bonds. The van der Waals surface area contributed by atoms with E-state index in [1.165, 1.54) is 14.7 Å². The second kappa shape index (κ2) is 5.10. The molecule has 1 unspecified atom stereocenters. The molecule has 0 saturated carbocycles. The van der Waals surface area contributed by atoms with E-state index in [2.05, 4.69) is 0 Å². The predicted octanol–water partition coefficient (Wildman–Crippen LogP) is 1.41. The molecule has 1 aromatic carbocycles. The minimum atomic E-state index is -3.69. The fourth-order valence-electron chi connectivity index (χ4n) is 3.41. The topological polar surface area (TPSA) is 84.6 Å². The molecular formula is C14H16ClN3O3S. The van der Waals surface area contributed by atoms with E-state index < -0.39 is 28.4 Å². The molecular weight excluding hydrogens is 326 g/mol. The molecule has 2 aliphatic heterocycles. The lowest BCUT2D eigenvalue weighted by Crippen LogP contribution is -2.39. The molecule has 22 heavy (non-hydrogen) atoms. The summed E-state index contributed by atoms with van der Waals surface area (Å²) in [4.78, 5) is 0. The van der Waals surface area contributed by atoms with Crippen molar-refractivity contribution in [2.75, 3.05) is 10.8 Å². The summed E-state index contributed by atoms with van der Waals surface area (Å²) in [6, 6.07) is 4.26. The fraction of sp³-hybridized carbons (Fsp3) is 0.500. The first kappa shape index (κ1) is 15.6. The number of rotatable bonds is 1. The van der Waals surface area contributed by atoms with Gasteiger partial charge in [0.15, 0.2) is 0 Å². The van der Waals surface area contributed by atoms with Gasteiger partial charge in [-0.15, -0.1) is 0 Å². The summed E-state index contributed by atoms with van der Waals surface area (Å²) < 4.78 is 28.2. The molecule has 0 radical (unpaired) electrons. The molecule has 0 aromatic heterocycles. The Morgan fingerprint density at radius 1 is 1.45 bits per heavy atom. The van der Waals surface area contributed by atoms with Gasteiger partial charge in [-0.05, 0) is 38.0 Å². The summed E-state index contributed by atoms with van der Waals surface area (Å²) in [5.41, 5.74) is 1.32. The average Bonchev–Trinajstić information content (AvgIpc) is 2.94. The first-order valence-electron chi connectivity index (χ1n) is 6.99. The molecule has 0 spiro atoms. The Morgan fingerprint density at radius 2 is 2.14 bits per heavy atom. The smallest absolute Gasteiger partial charge is 0.304 e. The summed E-state index contributed by atoms with van der Waals surface area (Å²) in [7, 11) is -3.69. The lowest BCUT2D eigenvalue weighted by atomic mass is 10.0. The number of hydrogen-bond donors (Lipinski definition) is 1. The summed E-state index contributed by atoms with van der Waals surface area (Å²) in [5.74, 6) is 0. The van der Waals surface area contributed by atoms with E-state index in [4.69, 9.17) is 16.9 Å². The maximum Gasteiger partial charge on any atom is 0.304 e. The van der Waals surface area contributed by atoms with Crippen LogP contribution >= 0.6 is 11.6 Å². The van der Waals surface area contributed by atoms with Crippen molar-refractivity contribution >= 4 is 27.5 Å². The zero-order chi connectivity index (χ0) is 16.2. The highest BCUT2D eigenvalue weighted by molar-refractivity contribution is 7.90. The van der Waals surface area contributed by atoms with Crippen LogP contribution < -0.4 is 4.31 Å². The highest BCUT2D eigenvalue weighted by atomic mass is 35.5. The minimum absolute atomic E-state index is 0.259. The summed E-state index contributed by atoms with van der Waals surface area (Å²) in [6.07, 6.45) is -0.209. The third kappa shape index (κ3) is 1.95. The third-order valence-electron chi connectivity index (χ3n) is 4.50. The standard InChI is InChI=1S/C14H16ClN3O3S/c1-8-11(4-3-10(7-16)13(8)15)18-9(2)14-12(19)5-6-17(14)22(18,20)21/h3-4,9,12,14,19H,5-6H2,1-2H3/t9?,12-,14+/m0/s1. The van der Waals surface area contributed by atoms with Crippen molar-refractivity contribution in [3.8, 4) is 6.07 Å². The van der Waals surface area contributed by atoms with Gasteiger partial charge >= 0.3 is 10.2 Å². The third-order valence-corrected chi connectivity index (χ3v) is 7.03. The summed E-state index contributed by atoms with van der Waals surface area (Å²) >= 11 is 6.16. The van der Waals surface area contributed by atoms with Crippen molar-refractivity contribution in [2.45, 2.75) is 38.5 Å². The molecule has 3 atom stereocenters. The van der Waals surface area contributed by atoms with Gasteiger partial charge in [-0.1, -0.05) is 11.6 Å². The Morgan fingerprint density at radius 3 is 2.73 bits per heavy atom. The summed E-state index contributed by atoms with van der Waals surface area (Å²) in [5, 5.41) is 19.3. The first-order valence-corrected chi connectivity index (χ1v) is 8.76.